The lowest BCUT2D eigenvalue weighted by Crippen LogP contribution is -2.48. The number of amides is 1. The summed E-state index contributed by atoms with van der Waals surface area (Å²) in [7, 11) is 1.61. The number of hydrogen-bond acceptors (Lipinski definition) is 4. The van der Waals surface area contributed by atoms with E-state index >= 15 is 0 Å². The minimum Gasteiger partial charge on any atom is -0.497 e. The fourth-order valence-electron chi connectivity index (χ4n) is 3.67. The van der Waals surface area contributed by atoms with E-state index in [1.54, 1.807) is 31.3 Å². The zero-order valence-corrected chi connectivity index (χ0v) is 15.0. The van der Waals surface area contributed by atoms with E-state index in [1.165, 1.54) is 0 Å². The van der Waals surface area contributed by atoms with Crippen LogP contribution < -0.4 is 4.74 Å². The Morgan fingerprint density at radius 2 is 2.08 bits per heavy atom. The van der Waals surface area contributed by atoms with Crippen LogP contribution in [0.4, 0.5) is 0 Å². The molecule has 1 aliphatic heterocycles. The third-order valence-corrected chi connectivity index (χ3v) is 5.13. The van der Waals surface area contributed by atoms with Gasteiger partial charge in [-0.05, 0) is 43.5 Å². The molecule has 1 aliphatic rings. The Balaban J connectivity index is 1.88. The van der Waals surface area contributed by atoms with Gasteiger partial charge in [0.25, 0.3) is 5.91 Å². The highest BCUT2D eigenvalue weighted by atomic mass is 16.5. The number of likely N-dealkylation sites (tertiary alicyclic amines) is 1. The number of aliphatic hydroxyl groups is 1. The van der Waals surface area contributed by atoms with E-state index in [4.69, 9.17) is 9.15 Å². The third kappa shape index (κ3) is 3.16. The van der Waals surface area contributed by atoms with Gasteiger partial charge in [-0.2, -0.15) is 0 Å². The summed E-state index contributed by atoms with van der Waals surface area (Å²) in [5.74, 6) is 1.37. The van der Waals surface area contributed by atoms with Crippen LogP contribution in [-0.4, -0.2) is 35.6 Å². The molecule has 134 valence electrons. The second-order valence-electron chi connectivity index (χ2n) is 6.64. The molecule has 5 nitrogen and oxygen atoms in total. The largest absolute Gasteiger partial charge is 0.497 e. The van der Waals surface area contributed by atoms with Crippen LogP contribution in [0.15, 0.2) is 41.0 Å². The number of ether oxygens (including phenoxy) is 1. The number of furan rings is 1. The molecule has 0 bridgehead atoms. The van der Waals surface area contributed by atoms with Gasteiger partial charge in [-0.3, -0.25) is 4.79 Å². The summed E-state index contributed by atoms with van der Waals surface area (Å²) < 4.78 is 10.6. The van der Waals surface area contributed by atoms with Gasteiger partial charge >= 0.3 is 0 Å². The van der Waals surface area contributed by atoms with Crippen LogP contribution >= 0.6 is 0 Å². The number of carbonyl (C=O) groups excluding carboxylic acids is 1. The average Bonchev–Trinajstić information content (AvgIpc) is 3.30. The van der Waals surface area contributed by atoms with Gasteiger partial charge in [0.05, 0.1) is 25.0 Å². The van der Waals surface area contributed by atoms with Gasteiger partial charge in [0.15, 0.2) is 0 Å². The first-order valence-electron chi connectivity index (χ1n) is 8.73. The van der Waals surface area contributed by atoms with Crippen molar-refractivity contribution in [3.8, 4) is 5.75 Å². The number of benzene rings is 1. The maximum Gasteiger partial charge on any atom is 0.257 e. The molecule has 2 aromatic rings. The molecule has 1 aromatic carbocycles. The lowest BCUT2D eigenvalue weighted by molar-refractivity contribution is -0.0178. The molecule has 25 heavy (non-hydrogen) atoms. The molecule has 3 rings (SSSR count). The molecule has 1 N–H and O–H groups in total. The van der Waals surface area contributed by atoms with Gasteiger partial charge in [0.2, 0.25) is 0 Å². The van der Waals surface area contributed by atoms with Gasteiger partial charge in [-0.25, -0.2) is 0 Å². The SMILES string of the molecule is CCc1occc1C(=O)N1CCC[C@H]1[C@](C)(O)c1ccc(OC)cc1. The zero-order chi connectivity index (χ0) is 18.0. The average molecular weight is 343 g/mol. The van der Waals surface area contributed by atoms with Crippen LogP contribution in [0.3, 0.4) is 0 Å². The molecule has 1 saturated heterocycles. The summed E-state index contributed by atoms with van der Waals surface area (Å²) in [6, 6.07) is 8.82. The Kier molecular flexibility index (Phi) is 4.86. The van der Waals surface area contributed by atoms with E-state index in [2.05, 4.69) is 0 Å². The maximum absolute atomic E-state index is 13.0. The minimum absolute atomic E-state index is 0.0677. The fourth-order valence-corrected chi connectivity index (χ4v) is 3.67. The predicted molar refractivity (Wildman–Crippen MR) is 94.7 cm³/mol. The zero-order valence-electron chi connectivity index (χ0n) is 15.0. The van der Waals surface area contributed by atoms with Crippen molar-refractivity contribution in [2.75, 3.05) is 13.7 Å². The topological polar surface area (TPSA) is 62.9 Å². The molecule has 2 atom stereocenters. The van der Waals surface area contributed by atoms with E-state index in [-0.39, 0.29) is 11.9 Å². The summed E-state index contributed by atoms with van der Waals surface area (Å²) in [4.78, 5) is 14.8. The van der Waals surface area contributed by atoms with Crippen LogP contribution in [0.5, 0.6) is 5.75 Å². The smallest absolute Gasteiger partial charge is 0.257 e. The van der Waals surface area contributed by atoms with E-state index in [9.17, 15) is 9.90 Å². The third-order valence-electron chi connectivity index (χ3n) is 5.13. The lowest BCUT2D eigenvalue weighted by atomic mass is 9.86. The Bertz CT molecular complexity index is 732. The summed E-state index contributed by atoms with van der Waals surface area (Å²) in [5.41, 5.74) is 0.245. The highest BCUT2D eigenvalue weighted by Gasteiger charge is 2.43. The number of methoxy groups -OCH3 is 1. The van der Waals surface area contributed by atoms with Gasteiger partial charge < -0.3 is 19.2 Å². The second kappa shape index (κ2) is 6.92. The number of hydrogen-bond donors (Lipinski definition) is 1. The molecule has 0 unspecified atom stereocenters. The normalized spacial score (nSPS) is 19.7. The first kappa shape index (κ1) is 17.5. The number of aryl methyl sites for hydroxylation is 1. The Morgan fingerprint density at radius 3 is 2.72 bits per heavy atom. The number of nitrogens with zero attached hydrogens (tertiary/aromatic N) is 1. The molecule has 1 fully saturated rings. The van der Waals surface area contributed by atoms with Gasteiger partial charge in [-0.15, -0.1) is 0 Å². The summed E-state index contributed by atoms with van der Waals surface area (Å²) in [5, 5.41) is 11.2. The van der Waals surface area contributed by atoms with Crippen molar-refractivity contribution in [2.45, 2.75) is 44.8 Å². The fraction of sp³-hybridized carbons (Fsp3) is 0.450. The van der Waals surface area contributed by atoms with Gasteiger partial charge in [0.1, 0.15) is 17.1 Å². The first-order valence-corrected chi connectivity index (χ1v) is 8.73. The first-order chi connectivity index (χ1) is 12.0. The molecular formula is C20H25NO4. The molecule has 1 amide bonds. The van der Waals surface area contributed by atoms with E-state index in [0.717, 1.165) is 24.2 Å². The maximum atomic E-state index is 13.0. The van der Waals surface area contributed by atoms with Crippen LogP contribution in [-0.2, 0) is 12.0 Å². The quantitative estimate of drug-likeness (QED) is 0.904. The van der Waals surface area contributed by atoms with Gasteiger partial charge in [0, 0.05) is 13.0 Å². The monoisotopic (exact) mass is 343 g/mol. The van der Waals surface area contributed by atoms with Crippen molar-refractivity contribution >= 4 is 5.91 Å². The molecule has 0 spiro atoms. The van der Waals surface area contributed by atoms with Crippen molar-refractivity contribution < 1.29 is 19.1 Å². The Labute approximate surface area is 148 Å². The molecule has 0 aliphatic carbocycles. The second-order valence-corrected chi connectivity index (χ2v) is 6.64. The van der Waals surface area contributed by atoms with Crippen molar-refractivity contribution in [3.63, 3.8) is 0 Å². The predicted octanol–water partition coefficient (Wildman–Crippen LogP) is 3.36. The van der Waals surface area contributed by atoms with Crippen LogP contribution in [0, 0.1) is 0 Å². The number of carbonyl (C=O) groups is 1. The van der Waals surface area contributed by atoms with E-state index < -0.39 is 5.60 Å². The van der Waals surface area contributed by atoms with Gasteiger partial charge in [-0.1, -0.05) is 19.1 Å². The molecule has 5 heteroatoms. The molecule has 2 heterocycles. The Hall–Kier alpha value is -2.27. The molecule has 0 radical (unpaired) electrons. The molecule has 0 saturated carbocycles. The summed E-state index contributed by atoms with van der Waals surface area (Å²) in [6.07, 6.45) is 3.87. The van der Waals surface area contributed by atoms with E-state index in [0.29, 0.717) is 24.3 Å². The highest BCUT2D eigenvalue weighted by molar-refractivity contribution is 5.95. The molecular weight excluding hydrogens is 318 g/mol. The van der Waals surface area contributed by atoms with Crippen LogP contribution in [0.25, 0.3) is 0 Å². The van der Waals surface area contributed by atoms with E-state index in [1.807, 2.05) is 31.2 Å². The van der Waals surface area contributed by atoms with Crippen molar-refractivity contribution in [3.05, 3.63) is 53.5 Å². The van der Waals surface area contributed by atoms with Crippen molar-refractivity contribution in [2.24, 2.45) is 0 Å². The summed E-state index contributed by atoms with van der Waals surface area (Å²) in [6.45, 7) is 4.38. The number of rotatable bonds is 5. The van der Waals surface area contributed by atoms with Crippen LogP contribution in [0.2, 0.25) is 0 Å². The van der Waals surface area contributed by atoms with Crippen molar-refractivity contribution in [1.29, 1.82) is 0 Å². The Morgan fingerprint density at radius 1 is 1.36 bits per heavy atom. The van der Waals surface area contributed by atoms with Crippen molar-refractivity contribution in [1.82, 2.24) is 4.90 Å². The lowest BCUT2D eigenvalue weighted by Gasteiger charge is -2.37. The summed E-state index contributed by atoms with van der Waals surface area (Å²) >= 11 is 0. The highest BCUT2D eigenvalue weighted by Crippen LogP contribution is 2.36. The minimum atomic E-state index is -1.13. The molecule has 1 aromatic heterocycles. The standard InChI is InChI=1S/C20H25NO4/c1-4-17-16(11-13-25-17)19(22)21-12-5-6-18(21)20(2,23)14-7-9-15(24-3)10-8-14/h7-11,13,18,23H,4-6,12H2,1-3H3/t18-,20+/m0/s1. The van der Waals surface area contributed by atoms with Crippen LogP contribution in [0.1, 0.15) is 48.4 Å².